The van der Waals surface area contributed by atoms with Crippen LogP contribution in [0.15, 0.2) is 24.3 Å². The number of benzene rings is 1. The van der Waals surface area contributed by atoms with Crippen molar-refractivity contribution in [2.75, 3.05) is 0 Å². The van der Waals surface area contributed by atoms with Gasteiger partial charge in [0.1, 0.15) is 5.82 Å². The Labute approximate surface area is 118 Å². The summed E-state index contributed by atoms with van der Waals surface area (Å²) in [5.41, 5.74) is 2.09. The largest absolute Gasteiger partial charge is 0.345 e. The molecule has 20 heavy (non-hydrogen) atoms. The van der Waals surface area contributed by atoms with Crippen LogP contribution in [-0.2, 0) is 12.0 Å². The Hall–Kier alpha value is -2.17. The highest BCUT2D eigenvalue weighted by molar-refractivity contribution is 5.90. The molecule has 106 valence electrons. The van der Waals surface area contributed by atoms with Gasteiger partial charge >= 0.3 is 0 Å². The number of carbonyl (C=O) groups is 1. The topological polar surface area (TPSA) is 70.7 Å². The van der Waals surface area contributed by atoms with Gasteiger partial charge in [-0.1, -0.05) is 45.0 Å². The van der Waals surface area contributed by atoms with Crippen LogP contribution in [0.2, 0.25) is 0 Å². The molecule has 1 heterocycles. The zero-order chi connectivity index (χ0) is 14.8. The number of hydrogen-bond acceptors (Lipinski definition) is 3. The number of hydrogen-bond donors (Lipinski definition) is 2. The first-order chi connectivity index (χ1) is 9.38. The Balaban J connectivity index is 2.02. The van der Waals surface area contributed by atoms with E-state index in [0.717, 1.165) is 11.1 Å². The number of carbonyl (C=O) groups excluding carboxylic acids is 1. The molecule has 1 amide bonds. The van der Waals surface area contributed by atoms with Crippen molar-refractivity contribution in [2.24, 2.45) is 0 Å². The van der Waals surface area contributed by atoms with Crippen molar-refractivity contribution in [1.82, 2.24) is 20.5 Å². The normalized spacial score (nSPS) is 11.4. The molecule has 2 N–H and O–H groups in total. The van der Waals surface area contributed by atoms with Gasteiger partial charge in [0, 0.05) is 12.0 Å². The number of nitrogens with zero attached hydrogens (tertiary/aromatic N) is 2. The molecule has 0 unspecified atom stereocenters. The van der Waals surface area contributed by atoms with E-state index < -0.39 is 0 Å². The quantitative estimate of drug-likeness (QED) is 0.901. The molecule has 0 fully saturated rings. The molecule has 0 atom stereocenters. The first-order valence-electron chi connectivity index (χ1n) is 6.63. The van der Waals surface area contributed by atoms with Crippen LogP contribution >= 0.6 is 0 Å². The molecule has 0 saturated carbocycles. The SMILES string of the molecule is Cc1ccccc1CNC(=O)c1n[nH]c(C(C)(C)C)n1. The van der Waals surface area contributed by atoms with Gasteiger partial charge in [0.15, 0.2) is 0 Å². The van der Waals surface area contributed by atoms with E-state index in [1.807, 2.05) is 52.0 Å². The van der Waals surface area contributed by atoms with Crippen LogP contribution < -0.4 is 5.32 Å². The van der Waals surface area contributed by atoms with Gasteiger partial charge < -0.3 is 5.32 Å². The maximum absolute atomic E-state index is 12.0. The fourth-order valence-electron chi connectivity index (χ4n) is 1.76. The molecular formula is C15H20N4O. The van der Waals surface area contributed by atoms with E-state index in [0.29, 0.717) is 12.4 Å². The predicted molar refractivity (Wildman–Crippen MR) is 77.4 cm³/mol. The molecule has 1 aromatic carbocycles. The number of H-pyrrole nitrogens is 1. The summed E-state index contributed by atoms with van der Waals surface area (Å²) in [6.07, 6.45) is 0. The highest BCUT2D eigenvalue weighted by Gasteiger charge is 2.21. The summed E-state index contributed by atoms with van der Waals surface area (Å²) >= 11 is 0. The maximum atomic E-state index is 12.0. The lowest BCUT2D eigenvalue weighted by atomic mass is 9.96. The van der Waals surface area contributed by atoms with Crippen molar-refractivity contribution in [1.29, 1.82) is 0 Å². The first kappa shape index (κ1) is 14.2. The number of aromatic nitrogens is 3. The highest BCUT2D eigenvalue weighted by Crippen LogP contribution is 2.17. The van der Waals surface area contributed by atoms with Gasteiger partial charge in [-0.25, -0.2) is 4.98 Å². The average Bonchev–Trinajstić information content (AvgIpc) is 2.87. The Morgan fingerprint density at radius 2 is 2.00 bits per heavy atom. The molecule has 2 aromatic rings. The van der Waals surface area contributed by atoms with Crippen molar-refractivity contribution in [3.63, 3.8) is 0 Å². The second kappa shape index (κ2) is 5.45. The van der Waals surface area contributed by atoms with Gasteiger partial charge in [-0.3, -0.25) is 9.89 Å². The minimum atomic E-state index is -0.264. The molecule has 5 heteroatoms. The Morgan fingerprint density at radius 1 is 1.30 bits per heavy atom. The van der Waals surface area contributed by atoms with E-state index in [1.165, 1.54) is 0 Å². The first-order valence-corrected chi connectivity index (χ1v) is 6.63. The van der Waals surface area contributed by atoms with Crippen molar-refractivity contribution in [2.45, 2.75) is 39.7 Å². The standard InChI is InChI=1S/C15H20N4O/c1-10-7-5-6-8-11(10)9-16-13(20)12-17-14(19-18-12)15(2,3)4/h5-8H,9H2,1-4H3,(H,16,20)(H,17,18,19). The fraction of sp³-hybridized carbons (Fsp3) is 0.400. The Morgan fingerprint density at radius 3 is 2.60 bits per heavy atom. The van der Waals surface area contributed by atoms with Crippen molar-refractivity contribution in [3.05, 3.63) is 47.0 Å². The monoisotopic (exact) mass is 272 g/mol. The lowest BCUT2D eigenvalue weighted by molar-refractivity contribution is 0.0941. The van der Waals surface area contributed by atoms with E-state index in [4.69, 9.17) is 0 Å². The third-order valence-electron chi connectivity index (χ3n) is 3.10. The van der Waals surface area contributed by atoms with E-state index in [9.17, 15) is 4.79 Å². The molecule has 0 aliphatic rings. The predicted octanol–water partition coefficient (Wildman–Crippen LogP) is 2.34. The van der Waals surface area contributed by atoms with E-state index in [2.05, 4.69) is 20.5 Å². The molecule has 0 bridgehead atoms. The fourth-order valence-corrected chi connectivity index (χ4v) is 1.76. The molecular weight excluding hydrogens is 252 g/mol. The number of rotatable bonds is 3. The smallest absolute Gasteiger partial charge is 0.291 e. The van der Waals surface area contributed by atoms with E-state index >= 15 is 0 Å². The Kier molecular flexibility index (Phi) is 3.88. The zero-order valence-corrected chi connectivity index (χ0v) is 12.3. The zero-order valence-electron chi connectivity index (χ0n) is 12.3. The summed E-state index contributed by atoms with van der Waals surface area (Å²) in [7, 11) is 0. The number of aromatic amines is 1. The van der Waals surface area contributed by atoms with Crippen LogP contribution in [0.3, 0.4) is 0 Å². The Bertz CT molecular complexity index is 610. The molecule has 0 aliphatic carbocycles. The third-order valence-corrected chi connectivity index (χ3v) is 3.10. The van der Waals surface area contributed by atoms with Gasteiger partial charge in [0.2, 0.25) is 5.82 Å². The van der Waals surface area contributed by atoms with Gasteiger partial charge in [0.25, 0.3) is 5.91 Å². The van der Waals surface area contributed by atoms with Crippen molar-refractivity contribution >= 4 is 5.91 Å². The third kappa shape index (κ3) is 3.23. The lowest BCUT2D eigenvalue weighted by Crippen LogP contribution is -2.24. The van der Waals surface area contributed by atoms with Gasteiger partial charge in [-0.2, -0.15) is 0 Å². The summed E-state index contributed by atoms with van der Waals surface area (Å²) in [5, 5.41) is 9.62. The van der Waals surface area contributed by atoms with Crippen LogP contribution in [0.25, 0.3) is 0 Å². The van der Waals surface area contributed by atoms with Gasteiger partial charge in [-0.15, -0.1) is 5.10 Å². The van der Waals surface area contributed by atoms with E-state index in [1.54, 1.807) is 0 Å². The summed E-state index contributed by atoms with van der Waals surface area (Å²) in [6, 6.07) is 7.95. The number of aryl methyl sites for hydroxylation is 1. The van der Waals surface area contributed by atoms with E-state index in [-0.39, 0.29) is 17.1 Å². The minimum Gasteiger partial charge on any atom is -0.345 e. The molecule has 0 saturated heterocycles. The second-order valence-electron chi connectivity index (χ2n) is 5.87. The summed E-state index contributed by atoms with van der Waals surface area (Å²) in [6.45, 7) is 8.55. The second-order valence-corrected chi connectivity index (χ2v) is 5.87. The maximum Gasteiger partial charge on any atom is 0.291 e. The van der Waals surface area contributed by atoms with Crippen LogP contribution in [0.1, 0.15) is 48.3 Å². The molecule has 5 nitrogen and oxygen atoms in total. The molecule has 0 aliphatic heterocycles. The summed E-state index contributed by atoms with van der Waals surface area (Å²) in [4.78, 5) is 16.3. The van der Waals surface area contributed by atoms with Gasteiger partial charge in [0.05, 0.1) is 0 Å². The minimum absolute atomic E-state index is 0.151. The molecule has 0 radical (unpaired) electrons. The van der Waals surface area contributed by atoms with Crippen LogP contribution in [0.5, 0.6) is 0 Å². The van der Waals surface area contributed by atoms with Crippen molar-refractivity contribution in [3.8, 4) is 0 Å². The van der Waals surface area contributed by atoms with Crippen LogP contribution in [0, 0.1) is 6.92 Å². The van der Waals surface area contributed by atoms with Crippen LogP contribution in [0.4, 0.5) is 0 Å². The van der Waals surface area contributed by atoms with Crippen molar-refractivity contribution < 1.29 is 4.79 Å². The highest BCUT2D eigenvalue weighted by atomic mass is 16.2. The number of amides is 1. The molecule has 0 spiro atoms. The summed E-state index contributed by atoms with van der Waals surface area (Å²) < 4.78 is 0. The molecule has 2 rings (SSSR count). The average molecular weight is 272 g/mol. The van der Waals surface area contributed by atoms with Crippen LogP contribution in [-0.4, -0.2) is 21.1 Å². The lowest BCUT2D eigenvalue weighted by Gasteiger charge is -2.12. The van der Waals surface area contributed by atoms with Gasteiger partial charge in [-0.05, 0) is 18.1 Å². The number of nitrogens with one attached hydrogen (secondary N) is 2. The molecule has 1 aromatic heterocycles. The summed E-state index contributed by atoms with van der Waals surface area (Å²) in [5.74, 6) is 0.627.